The zero-order chi connectivity index (χ0) is 26.7. The van der Waals surface area contributed by atoms with Gasteiger partial charge >= 0.3 is 6.09 Å². The average molecular weight is 504 g/mol. The second-order valence-corrected chi connectivity index (χ2v) is 9.31. The summed E-state index contributed by atoms with van der Waals surface area (Å²) in [7, 11) is 0. The number of benzodiazepines with no additional fused rings is 1. The minimum absolute atomic E-state index is 0.143. The molecule has 4 rings (SSSR count). The van der Waals surface area contributed by atoms with Crippen LogP contribution in [0.1, 0.15) is 48.0 Å². The smallest absolute Gasteiger partial charge is 0.409 e. The number of ether oxygens (including phenoxy) is 1. The summed E-state index contributed by atoms with van der Waals surface area (Å²) in [5.74, 6) is -1.88. The van der Waals surface area contributed by atoms with Crippen LogP contribution in [0.5, 0.6) is 0 Å². The second-order valence-electron chi connectivity index (χ2n) is 9.31. The summed E-state index contributed by atoms with van der Waals surface area (Å²) < 4.78 is 20.3. The zero-order valence-electron chi connectivity index (χ0n) is 20.6. The first-order valence-electron chi connectivity index (χ1n) is 11.5. The molecule has 2 heterocycles. The molecule has 0 saturated heterocycles. The fraction of sp³-hybridized carbons (Fsp3) is 0.222. The van der Waals surface area contributed by atoms with Gasteiger partial charge in [-0.3, -0.25) is 19.9 Å². The lowest BCUT2D eigenvalue weighted by Gasteiger charge is -2.26. The maximum Gasteiger partial charge on any atom is 0.409 e. The third-order valence-corrected chi connectivity index (χ3v) is 5.45. The molecule has 9 nitrogen and oxygen atoms in total. The number of alkyl carbamates (subject to hydrolysis) is 1. The molecule has 0 fully saturated rings. The number of benzene rings is 2. The number of hydrogen-bond donors (Lipinski definition) is 2. The van der Waals surface area contributed by atoms with Crippen LogP contribution in [0.2, 0.25) is 0 Å². The number of para-hydroxylation sites is 1. The van der Waals surface area contributed by atoms with Gasteiger partial charge in [-0.2, -0.15) is 0 Å². The lowest BCUT2D eigenvalue weighted by Crippen LogP contribution is -2.48. The van der Waals surface area contributed by atoms with E-state index in [1.54, 1.807) is 69.3 Å². The highest BCUT2D eigenvalue weighted by atomic mass is 19.1. The number of primary amides is 1. The van der Waals surface area contributed by atoms with E-state index in [2.05, 4.69) is 15.3 Å². The zero-order valence-corrected chi connectivity index (χ0v) is 20.6. The van der Waals surface area contributed by atoms with E-state index < -0.39 is 35.5 Å². The van der Waals surface area contributed by atoms with Crippen molar-refractivity contribution in [1.82, 2.24) is 10.3 Å². The van der Waals surface area contributed by atoms with Gasteiger partial charge < -0.3 is 15.4 Å². The summed E-state index contributed by atoms with van der Waals surface area (Å²) in [5.41, 5.74) is 6.25. The first kappa shape index (κ1) is 25.5. The van der Waals surface area contributed by atoms with E-state index in [-0.39, 0.29) is 29.1 Å². The Morgan fingerprint density at radius 2 is 1.73 bits per heavy atom. The number of fused-ring (bicyclic) bond motifs is 1. The molecule has 10 heteroatoms. The van der Waals surface area contributed by atoms with Crippen molar-refractivity contribution in [3.63, 3.8) is 0 Å². The maximum absolute atomic E-state index is 14.9. The minimum Gasteiger partial charge on any atom is -0.444 e. The Kier molecular flexibility index (Phi) is 7.01. The molecule has 0 saturated carbocycles. The minimum atomic E-state index is -1.46. The van der Waals surface area contributed by atoms with E-state index >= 15 is 0 Å². The molecule has 3 aromatic rings. The van der Waals surface area contributed by atoms with Gasteiger partial charge in [0.2, 0.25) is 6.17 Å². The van der Waals surface area contributed by atoms with Gasteiger partial charge in [0, 0.05) is 17.3 Å². The molecule has 0 bridgehead atoms. The normalized spacial score (nSPS) is 15.4. The van der Waals surface area contributed by atoms with E-state index in [1.165, 1.54) is 23.2 Å². The van der Waals surface area contributed by atoms with Crippen molar-refractivity contribution in [3.8, 4) is 0 Å². The molecule has 1 aliphatic heterocycles. The van der Waals surface area contributed by atoms with Crippen molar-refractivity contribution >= 4 is 29.3 Å². The molecule has 1 atom stereocenters. The van der Waals surface area contributed by atoms with Crippen molar-refractivity contribution < 1.29 is 23.5 Å². The lowest BCUT2D eigenvalue weighted by atomic mass is 9.99. The standard InChI is InChI=1S/C27H26FN5O4/c1-27(2,3)37-26(36)32-24-25(35)33(15-20-17(23(29)34)11-8-14-30-20)21-13-7-5-10-18(21)22(31-24)16-9-4-6-12-19(16)28/h4-14,24H,15H2,1-3H3,(H2,29,34)(H,32,36)/t24-/m1/s1. The molecule has 3 amide bonds. The summed E-state index contributed by atoms with van der Waals surface area (Å²) in [6.07, 6.45) is -0.852. The summed E-state index contributed by atoms with van der Waals surface area (Å²) >= 11 is 0. The lowest BCUT2D eigenvalue weighted by molar-refractivity contribution is -0.120. The number of hydrogen-bond acceptors (Lipinski definition) is 6. The number of pyridine rings is 1. The van der Waals surface area contributed by atoms with Gasteiger partial charge in [-0.25, -0.2) is 14.2 Å². The average Bonchev–Trinajstić information content (AvgIpc) is 2.94. The molecule has 0 spiro atoms. The highest BCUT2D eigenvalue weighted by molar-refractivity contribution is 6.20. The fourth-order valence-corrected chi connectivity index (χ4v) is 3.91. The molecular formula is C27H26FN5O4. The van der Waals surface area contributed by atoms with Crippen LogP contribution >= 0.6 is 0 Å². The summed E-state index contributed by atoms with van der Waals surface area (Å²) in [4.78, 5) is 48.6. The molecule has 0 radical (unpaired) electrons. The Morgan fingerprint density at radius 1 is 1.05 bits per heavy atom. The van der Waals surface area contributed by atoms with Crippen molar-refractivity contribution in [3.05, 3.63) is 95.1 Å². The van der Waals surface area contributed by atoms with E-state index in [0.29, 0.717) is 11.3 Å². The van der Waals surface area contributed by atoms with Crippen LogP contribution < -0.4 is 16.0 Å². The molecule has 2 aromatic carbocycles. The van der Waals surface area contributed by atoms with Gasteiger partial charge in [0.05, 0.1) is 29.2 Å². The van der Waals surface area contributed by atoms with Gasteiger partial charge in [0.15, 0.2) is 0 Å². The van der Waals surface area contributed by atoms with Crippen molar-refractivity contribution in [2.45, 2.75) is 39.1 Å². The molecular weight excluding hydrogens is 477 g/mol. The monoisotopic (exact) mass is 503 g/mol. The van der Waals surface area contributed by atoms with E-state index in [0.717, 1.165) is 0 Å². The van der Waals surface area contributed by atoms with Gasteiger partial charge in [-0.1, -0.05) is 30.3 Å². The predicted octanol–water partition coefficient (Wildman–Crippen LogP) is 3.55. The number of nitrogens with two attached hydrogens (primary N) is 1. The molecule has 1 aromatic heterocycles. The van der Waals surface area contributed by atoms with E-state index in [9.17, 15) is 18.8 Å². The fourth-order valence-electron chi connectivity index (χ4n) is 3.91. The van der Waals surface area contributed by atoms with Gasteiger partial charge in [-0.05, 0) is 51.1 Å². The van der Waals surface area contributed by atoms with Crippen LogP contribution in [0.4, 0.5) is 14.9 Å². The maximum atomic E-state index is 14.9. The second kappa shape index (κ2) is 10.2. The number of halogens is 1. The summed E-state index contributed by atoms with van der Waals surface area (Å²) in [5, 5.41) is 2.50. The highest BCUT2D eigenvalue weighted by Crippen LogP contribution is 2.30. The molecule has 3 N–H and O–H groups in total. The summed E-state index contributed by atoms with van der Waals surface area (Å²) in [6, 6.07) is 15.9. The summed E-state index contributed by atoms with van der Waals surface area (Å²) in [6.45, 7) is 4.90. The number of rotatable bonds is 5. The van der Waals surface area contributed by atoms with Crippen LogP contribution in [-0.2, 0) is 16.1 Å². The number of nitrogens with zero attached hydrogens (tertiary/aromatic N) is 3. The Balaban J connectivity index is 1.87. The number of amides is 3. The quantitative estimate of drug-likeness (QED) is 0.551. The Hall–Kier alpha value is -4.60. The topological polar surface area (TPSA) is 127 Å². The van der Waals surface area contributed by atoms with Crippen LogP contribution in [0, 0.1) is 5.82 Å². The van der Waals surface area contributed by atoms with Crippen LogP contribution in [0.3, 0.4) is 0 Å². The third kappa shape index (κ3) is 5.64. The number of aromatic nitrogens is 1. The largest absolute Gasteiger partial charge is 0.444 e. The molecule has 37 heavy (non-hydrogen) atoms. The Morgan fingerprint density at radius 3 is 2.41 bits per heavy atom. The van der Waals surface area contributed by atoms with Crippen molar-refractivity contribution in [2.75, 3.05) is 4.90 Å². The van der Waals surface area contributed by atoms with Crippen LogP contribution in [0.25, 0.3) is 0 Å². The first-order chi connectivity index (χ1) is 17.5. The first-order valence-corrected chi connectivity index (χ1v) is 11.5. The van der Waals surface area contributed by atoms with E-state index in [4.69, 9.17) is 10.5 Å². The van der Waals surface area contributed by atoms with Crippen molar-refractivity contribution in [1.29, 1.82) is 0 Å². The Bertz CT molecular complexity index is 1400. The highest BCUT2D eigenvalue weighted by Gasteiger charge is 2.35. The molecule has 0 unspecified atom stereocenters. The number of nitrogens with one attached hydrogen (secondary N) is 1. The van der Waals surface area contributed by atoms with Crippen molar-refractivity contribution in [2.24, 2.45) is 10.7 Å². The van der Waals surface area contributed by atoms with Gasteiger partial charge in [0.25, 0.3) is 11.8 Å². The SMILES string of the molecule is CC(C)(C)OC(=O)N[C@H]1N=C(c2ccccc2F)c2ccccc2N(Cc2ncccc2C(N)=O)C1=O. The third-order valence-electron chi connectivity index (χ3n) is 5.45. The molecule has 0 aliphatic carbocycles. The Labute approximate surface area is 213 Å². The van der Waals surface area contributed by atoms with Crippen LogP contribution in [0.15, 0.2) is 71.9 Å². The van der Waals surface area contributed by atoms with Crippen LogP contribution in [-0.4, -0.2) is 40.4 Å². The predicted molar refractivity (Wildman–Crippen MR) is 136 cm³/mol. The number of carbonyl (C=O) groups is 3. The number of anilines is 1. The number of carbonyl (C=O) groups excluding carboxylic acids is 3. The number of aliphatic imine (C=N–C) groups is 1. The molecule has 190 valence electrons. The van der Waals surface area contributed by atoms with Gasteiger partial charge in [0.1, 0.15) is 11.4 Å². The van der Waals surface area contributed by atoms with Gasteiger partial charge in [-0.15, -0.1) is 0 Å². The molecule has 1 aliphatic rings. The van der Waals surface area contributed by atoms with E-state index in [1.807, 2.05) is 0 Å².